The van der Waals surface area contributed by atoms with Gasteiger partial charge >= 0.3 is 0 Å². The van der Waals surface area contributed by atoms with Gasteiger partial charge in [-0.05, 0) is 43.2 Å². The molecule has 0 unspecified atom stereocenters. The van der Waals surface area contributed by atoms with Gasteiger partial charge in [0.05, 0.1) is 9.82 Å². The molecule has 10 heteroatoms. The highest BCUT2D eigenvalue weighted by Crippen LogP contribution is 2.21. The molecule has 1 saturated heterocycles. The maximum atomic E-state index is 12.8. The van der Waals surface area contributed by atoms with Gasteiger partial charge < -0.3 is 10.6 Å². The number of nitro benzene ring substituents is 1. The molecule has 30 heavy (non-hydrogen) atoms. The second-order valence-electron chi connectivity index (χ2n) is 6.98. The summed E-state index contributed by atoms with van der Waals surface area (Å²) in [4.78, 5) is 22.7. The predicted molar refractivity (Wildman–Crippen MR) is 113 cm³/mol. The molecule has 3 rings (SSSR count). The molecule has 160 valence electrons. The van der Waals surface area contributed by atoms with Crippen molar-refractivity contribution < 1.29 is 18.1 Å². The van der Waals surface area contributed by atoms with E-state index in [2.05, 4.69) is 10.6 Å². The van der Waals surface area contributed by atoms with E-state index in [4.69, 9.17) is 0 Å². The molecule has 2 aromatic carbocycles. The second kappa shape index (κ2) is 9.68. The molecular formula is C20H24N4O5S. The van der Waals surface area contributed by atoms with E-state index in [0.29, 0.717) is 31.9 Å². The van der Waals surface area contributed by atoms with Crippen LogP contribution in [0.2, 0.25) is 0 Å². The van der Waals surface area contributed by atoms with Gasteiger partial charge in [0.15, 0.2) is 0 Å². The quantitative estimate of drug-likeness (QED) is 0.376. The van der Waals surface area contributed by atoms with Gasteiger partial charge in [-0.1, -0.05) is 12.5 Å². The van der Waals surface area contributed by atoms with Crippen LogP contribution in [0.3, 0.4) is 0 Å². The monoisotopic (exact) mass is 432 g/mol. The fourth-order valence-electron chi connectivity index (χ4n) is 3.24. The molecule has 1 aliphatic heterocycles. The van der Waals surface area contributed by atoms with Crippen molar-refractivity contribution in [3.63, 3.8) is 0 Å². The van der Waals surface area contributed by atoms with Crippen LogP contribution in [-0.2, 0) is 10.0 Å². The molecule has 0 aliphatic carbocycles. The highest BCUT2D eigenvalue weighted by molar-refractivity contribution is 7.89. The summed E-state index contributed by atoms with van der Waals surface area (Å²) in [6.45, 7) is 1.73. The molecule has 2 aromatic rings. The minimum atomic E-state index is -3.60. The Morgan fingerprint density at radius 1 is 1.03 bits per heavy atom. The molecular weight excluding hydrogens is 408 g/mol. The molecule has 0 spiro atoms. The van der Waals surface area contributed by atoms with Crippen LogP contribution < -0.4 is 10.6 Å². The van der Waals surface area contributed by atoms with Crippen LogP contribution in [0.5, 0.6) is 0 Å². The lowest BCUT2D eigenvalue weighted by Gasteiger charge is -2.26. The standard InChI is InChI=1S/C20H24N4O5S/c25-20(22-12-11-21-17-7-9-18(10-8-17)24(26)27)16-5-4-6-19(15-16)30(28,29)23-13-2-1-3-14-23/h4-10,15,21H,1-3,11-14H2,(H,22,25). The number of benzene rings is 2. The third-order valence-corrected chi connectivity index (χ3v) is 6.76. The number of hydrogen-bond donors (Lipinski definition) is 2. The number of non-ortho nitro benzene ring substituents is 1. The summed E-state index contributed by atoms with van der Waals surface area (Å²) in [6.07, 6.45) is 2.73. The van der Waals surface area contributed by atoms with E-state index in [1.165, 1.54) is 28.6 Å². The minimum Gasteiger partial charge on any atom is -0.383 e. The number of piperidine rings is 1. The number of sulfonamides is 1. The van der Waals surface area contributed by atoms with Gasteiger partial charge in [0.25, 0.3) is 11.6 Å². The number of hydrogen-bond acceptors (Lipinski definition) is 6. The van der Waals surface area contributed by atoms with Crippen molar-refractivity contribution in [2.45, 2.75) is 24.2 Å². The van der Waals surface area contributed by atoms with Crippen LogP contribution in [0, 0.1) is 10.1 Å². The topological polar surface area (TPSA) is 122 Å². The van der Waals surface area contributed by atoms with E-state index in [-0.39, 0.29) is 22.1 Å². The Hall–Kier alpha value is -2.98. The maximum Gasteiger partial charge on any atom is 0.269 e. The first-order chi connectivity index (χ1) is 14.4. The van der Waals surface area contributed by atoms with Crippen molar-refractivity contribution in [1.29, 1.82) is 0 Å². The molecule has 0 bridgehead atoms. The van der Waals surface area contributed by atoms with Crippen molar-refractivity contribution in [3.8, 4) is 0 Å². The van der Waals surface area contributed by atoms with E-state index in [9.17, 15) is 23.3 Å². The zero-order valence-electron chi connectivity index (χ0n) is 16.4. The summed E-state index contributed by atoms with van der Waals surface area (Å²) >= 11 is 0. The molecule has 0 atom stereocenters. The van der Waals surface area contributed by atoms with Crippen LogP contribution in [0.1, 0.15) is 29.6 Å². The zero-order valence-corrected chi connectivity index (χ0v) is 17.2. The van der Waals surface area contributed by atoms with Crippen LogP contribution in [0.4, 0.5) is 11.4 Å². The average molecular weight is 433 g/mol. The van der Waals surface area contributed by atoms with Gasteiger partial charge in [-0.2, -0.15) is 4.31 Å². The lowest BCUT2D eigenvalue weighted by atomic mass is 10.2. The van der Waals surface area contributed by atoms with Gasteiger partial charge in [-0.3, -0.25) is 14.9 Å². The molecule has 0 saturated carbocycles. The number of carbonyl (C=O) groups is 1. The number of nitrogens with zero attached hydrogens (tertiary/aromatic N) is 2. The number of anilines is 1. The Morgan fingerprint density at radius 2 is 1.73 bits per heavy atom. The van der Waals surface area contributed by atoms with Crippen molar-refractivity contribution in [1.82, 2.24) is 9.62 Å². The predicted octanol–water partition coefficient (Wildman–Crippen LogP) is 2.61. The first kappa shape index (κ1) is 21.7. The highest BCUT2D eigenvalue weighted by Gasteiger charge is 2.26. The first-order valence-corrected chi connectivity index (χ1v) is 11.2. The van der Waals surface area contributed by atoms with Crippen LogP contribution in [0.25, 0.3) is 0 Å². The molecule has 0 radical (unpaired) electrons. The molecule has 1 amide bonds. The third kappa shape index (κ3) is 5.33. The second-order valence-corrected chi connectivity index (χ2v) is 8.92. The van der Waals surface area contributed by atoms with E-state index in [0.717, 1.165) is 19.3 Å². The van der Waals surface area contributed by atoms with Gasteiger partial charge in [0.1, 0.15) is 0 Å². The van der Waals surface area contributed by atoms with Crippen LogP contribution >= 0.6 is 0 Å². The van der Waals surface area contributed by atoms with Crippen molar-refractivity contribution in [3.05, 3.63) is 64.2 Å². The van der Waals surface area contributed by atoms with Gasteiger partial charge in [0.2, 0.25) is 10.0 Å². The lowest BCUT2D eigenvalue weighted by molar-refractivity contribution is -0.384. The minimum absolute atomic E-state index is 0.00763. The van der Waals surface area contributed by atoms with Gasteiger partial charge in [0, 0.05) is 49.6 Å². The summed E-state index contributed by atoms with van der Waals surface area (Å²) in [5.41, 5.74) is 0.987. The lowest BCUT2D eigenvalue weighted by Crippen LogP contribution is -2.35. The largest absolute Gasteiger partial charge is 0.383 e. The Balaban J connectivity index is 1.54. The van der Waals surface area contributed by atoms with Gasteiger partial charge in [-0.25, -0.2) is 8.42 Å². The molecule has 1 heterocycles. The third-order valence-electron chi connectivity index (χ3n) is 4.87. The summed E-state index contributed by atoms with van der Waals surface area (Å²) in [7, 11) is -3.60. The molecule has 9 nitrogen and oxygen atoms in total. The van der Waals surface area contributed by atoms with Crippen molar-refractivity contribution in [2.24, 2.45) is 0 Å². The van der Waals surface area contributed by atoms with E-state index in [1.54, 1.807) is 24.3 Å². The normalized spacial score (nSPS) is 14.8. The Bertz CT molecular complexity index is 1000. The number of nitrogens with one attached hydrogen (secondary N) is 2. The van der Waals surface area contributed by atoms with Crippen molar-refractivity contribution in [2.75, 3.05) is 31.5 Å². The van der Waals surface area contributed by atoms with Crippen molar-refractivity contribution >= 4 is 27.3 Å². The van der Waals surface area contributed by atoms with Crippen LogP contribution in [-0.4, -0.2) is 49.7 Å². The number of carbonyl (C=O) groups excluding carboxylic acids is 1. The van der Waals surface area contributed by atoms with E-state index >= 15 is 0 Å². The molecule has 0 aromatic heterocycles. The zero-order chi connectivity index (χ0) is 21.6. The Morgan fingerprint density at radius 3 is 2.40 bits per heavy atom. The Kier molecular flexibility index (Phi) is 7.01. The SMILES string of the molecule is O=C(NCCNc1ccc([N+](=O)[O-])cc1)c1cccc(S(=O)(=O)N2CCCCC2)c1. The fourth-order valence-corrected chi connectivity index (χ4v) is 4.80. The smallest absolute Gasteiger partial charge is 0.269 e. The fraction of sp³-hybridized carbons (Fsp3) is 0.350. The number of nitro groups is 1. The summed E-state index contributed by atoms with van der Waals surface area (Å²) in [5, 5.41) is 16.5. The van der Waals surface area contributed by atoms with Gasteiger partial charge in [-0.15, -0.1) is 0 Å². The Labute approximate surface area is 175 Å². The molecule has 2 N–H and O–H groups in total. The first-order valence-electron chi connectivity index (χ1n) is 9.75. The summed E-state index contributed by atoms with van der Waals surface area (Å²) in [6, 6.07) is 12.0. The molecule has 1 aliphatic rings. The highest BCUT2D eigenvalue weighted by atomic mass is 32.2. The maximum absolute atomic E-state index is 12.8. The van der Waals surface area contributed by atoms with Crippen LogP contribution in [0.15, 0.2) is 53.4 Å². The summed E-state index contributed by atoms with van der Waals surface area (Å²) < 4.78 is 27.0. The number of rotatable bonds is 8. The summed E-state index contributed by atoms with van der Waals surface area (Å²) in [5.74, 6) is -0.365. The van der Waals surface area contributed by atoms with E-state index in [1.807, 2.05) is 0 Å². The van der Waals surface area contributed by atoms with E-state index < -0.39 is 14.9 Å². The molecule has 1 fully saturated rings. The average Bonchev–Trinajstić information content (AvgIpc) is 2.77. The number of amides is 1.